The third-order valence-corrected chi connectivity index (χ3v) is 8.24. The summed E-state index contributed by atoms with van der Waals surface area (Å²) in [6.07, 6.45) is 4.66. The van der Waals surface area contributed by atoms with Gasteiger partial charge >= 0.3 is 0 Å². The van der Waals surface area contributed by atoms with Crippen LogP contribution < -0.4 is 15.4 Å². The summed E-state index contributed by atoms with van der Waals surface area (Å²) >= 11 is 0. The molecule has 6 rings (SSSR count). The van der Waals surface area contributed by atoms with Gasteiger partial charge in [0.25, 0.3) is 5.91 Å². The number of rotatable bonds is 3. The van der Waals surface area contributed by atoms with Crippen LogP contribution in [-0.4, -0.2) is 76.9 Å². The fourth-order valence-corrected chi connectivity index (χ4v) is 6.05. The lowest BCUT2D eigenvalue weighted by Gasteiger charge is -2.34. The maximum absolute atomic E-state index is 13.6. The third kappa shape index (κ3) is 6.43. The molecule has 5 atom stereocenters. The molecule has 9 nitrogen and oxygen atoms in total. The normalized spacial score (nSPS) is 27.3. The zero-order chi connectivity index (χ0) is 28.2. The first-order valence-electron chi connectivity index (χ1n) is 14.4. The van der Waals surface area contributed by atoms with Gasteiger partial charge in [0.2, 0.25) is 5.91 Å². The van der Waals surface area contributed by atoms with E-state index in [-0.39, 0.29) is 30.5 Å². The topological polar surface area (TPSA) is 113 Å². The van der Waals surface area contributed by atoms with Gasteiger partial charge in [-0.15, -0.1) is 0 Å². The van der Waals surface area contributed by atoms with Crippen LogP contribution in [0.3, 0.4) is 0 Å². The molecule has 0 saturated carbocycles. The van der Waals surface area contributed by atoms with Crippen molar-refractivity contribution in [3.8, 4) is 16.9 Å². The number of benzene rings is 2. The Bertz CT molecular complexity index is 1350. The molecule has 2 saturated heterocycles. The van der Waals surface area contributed by atoms with Crippen LogP contribution in [0.15, 0.2) is 73.1 Å². The number of nitrogens with zero attached hydrogens (tertiary/aromatic N) is 2. The third-order valence-electron chi connectivity index (χ3n) is 8.24. The lowest BCUT2D eigenvalue weighted by molar-refractivity contribution is -0.133. The summed E-state index contributed by atoms with van der Waals surface area (Å²) in [6, 6.07) is 18.8. The molecule has 3 aliphatic heterocycles. The predicted octanol–water partition coefficient (Wildman–Crippen LogP) is 2.93. The van der Waals surface area contributed by atoms with Crippen molar-refractivity contribution in [1.82, 2.24) is 20.5 Å². The molecule has 0 spiro atoms. The van der Waals surface area contributed by atoms with Gasteiger partial charge in [-0.05, 0) is 54.2 Å². The van der Waals surface area contributed by atoms with Crippen molar-refractivity contribution < 1.29 is 24.2 Å². The minimum absolute atomic E-state index is 0.110. The van der Waals surface area contributed by atoms with Crippen LogP contribution in [0.4, 0.5) is 0 Å². The Labute approximate surface area is 239 Å². The second-order valence-electron chi connectivity index (χ2n) is 11.1. The largest absolute Gasteiger partial charge is 0.493 e. The van der Waals surface area contributed by atoms with Crippen molar-refractivity contribution in [3.63, 3.8) is 0 Å². The summed E-state index contributed by atoms with van der Waals surface area (Å²) in [7, 11) is 0. The van der Waals surface area contributed by atoms with E-state index in [0.717, 1.165) is 16.7 Å². The van der Waals surface area contributed by atoms with E-state index in [1.54, 1.807) is 12.4 Å². The number of nitrogens with one attached hydrogen (secondary N) is 2. The maximum atomic E-state index is 13.6. The highest BCUT2D eigenvalue weighted by atomic mass is 16.5. The van der Waals surface area contributed by atoms with Crippen molar-refractivity contribution in [2.45, 2.75) is 62.6 Å². The van der Waals surface area contributed by atoms with Gasteiger partial charge in [0.15, 0.2) is 0 Å². The summed E-state index contributed by atoms with van der Waals surface area (Å²) in [5, 5.41) is 16.8. The van der Waals surface area contributed by atoms with Crippen LogP contribution in [0, 0.1) is 0 Å². The number of hydrogen-bond donors (Lipinski definition) is 3. The number of carbonyl (C=O) groups is 2. The monoisotopic (exact) mass is 556 g/mol. The van der Waals surface area contributed by atoms with Gasteiger partial charge in [0.05, 0.1) is 30.4 Å². The second-order valence-corrected chi connectivity index (χ2v) is 11.1. The molecule has 4 bridgehead atoms. The number of aromatic nitrogens is 1. The summed E-state index contributed by atoms with van der Waals surface area (Å²) < 4.78 is 12.5. The van der Waals surface area contributed by atoms with Gasteiger partial charge < -0.3 is 25.2 Å². The average molecular weight is 557 g/mol. The van der Waals surface area contributed by atoms with Crippen LogP contribution in [0.1, 0.15) is 41.6 Å². The van der Waals surface area contributed by atoms with Crippen molar-refractivity contribution in [2.75, 3.05) is 19.7 Å². The summed E-state index contributed by atoms with van der Waals surface area (Å²) in [6.45, 7) is 1.64. The minimum atomic E-state index is -0.636. The Morgan fingerprint density at radius 1 is 1.00 bits per heavy atom. The van der Waals surface area contributed by atoms with Gasteiger partial charge in [0, 0.05) is 44.5 Å². The molecule has 0 radical (unpaired) electrons. The molecular weight excluding hydrogens is 520 g/mol. The van der Waals surface area contributed by atoms with Gasteiger partial charge in [-0.2, -0.15) is 0 Å². The van der Waals surface area contributed by atoms with Gasteiger partial charge in [-0.1, -0.05) is 42.5 Å². The van der Waals surface area contributed by atoms with Crippen LogP contribution in [-0.2, 0) is 16.1 Å². The predicted molar refractivity (Wildman–Crippen MR) is 153 cm³/mol. The number of likely N-dealkylation sites (tertiary alicyclic amines) is 1. The Hall–Kier alpha value is -3.79. The number of ether oxygens (including phenoxy) is 2. The maximum Gasteiger partial charge on any atom is 0.255 e. The van der Waals surface area contributed by atoms with Crippen LogP contribution >= 0.6 is 0 Å². The van der Waals surface area contributed by atoms with Crippen molar-refractivity contribution in [1.29, 1.82) is 0 Å². The number of fused-ring (bicyclic) bond motifs is 5. The number of pyridine rings is 1. The zero-order valence-corrected chi connectivity index (χ0v) is 22.9. The molecule has 3 N–H and O–H groups in total. The lowest BCUT2D eigenvalue weighted by atomic mass is 9.99. The highest BCUT2D eigenvalue weighted by Crippen LogP contribution is 2.30. The molecule has 2 aromatic carbocycles. The SMILES string of the molecule is O=C1N[C@H]2C[C@@H](C(=O)NC[C@H]3O[C@H](CCOc4cc(-c5ccccc5)ccc41)CC[C@@H]3O)N(Cc1cccnc1)C2. The van der Waals surface area contributed by atoms with E-state index in [1.165, 1.54) is 0 Å². The van der Waals surface area contributed by atoms with E-state index >= 15 is 0 Å². The Balaban J connectivity index is 1.29. The molecule has 0 unspecified atom stereocenters. The van der Waals surface area contributed by atoms with E-state index in [4.69, 9.17) is 9.47 Å². The molecule has 3 aliphatic rings. The number of carbonyl (C=O) groups excluding carboxylic acids is 2. The molecule has 2 amide bonds. The summed E-state index contributed by atoms with van der Waals surface area (Å²) in [5.41, 5.74) is 3.45. The molecule has 0 aliphatic carbocycles. The molecule has 41 heavy (non-hydrogen) atoms. The van der Waals surface area contributed by atoms with Crippen LogP contribution in [0.5, 0.6) is 5.75 Å². The quantitative estimate of drug-likeness (QED) is 0.455. The van der Waals surface area contributed by atoms with E-state index in [0.29, 0.717) is 56.7 Å². The smallest absolute Gasteiger partial charge is 0.255 e. The molecular formula is C32H36N4O5. The fraction of sp³-hybridized carbons (Fsp3) is 0.406. The Morgan fingerprint density at radius 2 is 1.88 bits per heavy atom. The first-order valence-corrected chi connectivity index (χ1v) is 14.4. The first kappa shape index (κ1) is 27.4. The van der Waals surface area contributed by atoms with Gasteiger partial charge in [-0.25, -0.2) is 0 Å². The molecule has 1 aromatic heterocycles. The fourth-order valence-electron chi connectivity index (χ4n) is 6.05. The highest BCUT2D eigenvalue weighted by Gasteiger charge is 2.39. The van der Waals surface area contributed by atoms with Crippen molar-refractivity contribution in [2.24, 2.45) is 0 Å². The zero-order valence-electron chi connectivity index (χ0n) is 22.9. The Kier molecular flexibility index (Phi) is 8.27. The van der Waals surface area contributed by atoms with E-state index in [1.807, 2.05) is 60.7 Å². The standard InChI is InChI=1S/C32H36N4O5/c37-28-11-9-25-12-14-40-29-15-23(22-6-2-1-3-7-22)8-10-26(29)31(38)35-24-16-27(32(39)34-18-30(28)41-25)36(20-24)19-21-5-4-13-33-17-21/h1-8,10,13,15,17,24-25,27-28,30,37H,9,11-12,14,16,18-20H2,(H,34,39)(H,35,38)/t24-,25-,27-,28-,30+/m0/s1. The second kappa shape index (κ2) is 12.4. The van der Waals surface area contributed by atoms with Gasteiger partial charge in [-0.3, -0.25) is 19.5 Å². The number of hydrogen-bond acceptors (Lipinski definition) is 7. The summed E-state index contributed by atoms with van der Waals surface area (Å²) in [4.78, 5) is 33.4. The average Bonchev–Trinajstić information content (AvgIpc) is 3.39. The first-order chi connectivity index (χ1) is 20.0. The molecule has 9 heteroatoms. The van der Waals surface area contributed by atoms with Crippen molar-refractivity contribution >= 4 is 11.8 Å². The molecule has 3 aromatic rings. The lowest BCUT2D eigenvalue weighted by Crippen LogP contribution is -2.50. The molecule has 214 valence electrons. The number of amides is 2. The van der Waals surface area contributed by atoms with Crippen LogP contribution in [0.25, 0.3) is 11.1 Å². The summed E-state index contributed by atoms with van der Waals surface area (Å²) in [5.74, 6) is 0.158. The van der Waals surface area contributed by atoms with Crippen LogP contribution in [0.2, 0.25) is 0 Å². The van der Waals surface area contributed by atoms with Gasteiger partial charge in [0.1, 0.15) is 11.9 Å². The highest BCUT2D eigenvalue weighted by molar-refractivity contribution is 5.98. The molecule has 4 heterocycles. The van der Waals surface area contributed by atoms with E-state index in [2.05, 4.69) is 20.5 Å². The molecule has 2 fully saturated rings. The van der Waals surface area contributed by atoms with E-state index < -0.39 is 18.2 Å². The number of aliphatic hydroxyl groups is 1. The number of aliphatic hydroxyl groups excluding tert-OH is 1. The minimum Gasteiger partial charge on any atom is -0.493 e. The Morgan fingerprint density at radius 3 is 2.71 bits per heavy atom. The van der Waals surface area contributed by atoms with Crippen molar-refractivity contribution in [3.05, 3.63) is 84.2 Å². The van der Waals surface area contributed by atoms with E-state index in [9.17, 15) is 14.7 Å².